The summed E-state index contributed by atoms with van der Waals surface area (Å²) in [7, 11) is 0. The maximum Gasteiger partial charge on any atom is 0.230 e. The molecule has 0 spiro atoms. The Bertz CT molecular complexity index is 593. The summed E-state index contributed by atoms with van der Waals surface area (Å²) in [5.74, 6) is 2.03. The van der Waals surface area contributed by atoms with E-state index in [0.29, 0.717) is 5.92 Å². The summed E-state index contributed by atoms with van der Waals surface area (Å²) < 4.78 is 5.46. The topological polar surface area (TPSA) is 42.2 Å². The first-order valence-corrected chi connectivity index (χ1v) is 8.09. The lowest BCUT2D eigenvalue weighted by Crippen LogP contribution is -2.17. The lowest BCUT2D eigenvalue weighted by molar-refractivity contribution is 0.354. The van der Waals surface area contributed by atoms with Crippen LogP contribution in [0.3, 0.4) is 0 Å². The van der Waals surface area contributed by atoms with Crippen LogP contribution >= 0.6 is 0 Å². The van der Waals surface area contributed by atoms with E-state index in [2.05, 4.69) is 39.3 Å². The Balaban J connectivity index is 1.53. The van der Waals surface area contributed by atoms with Crippen molar-refractivity contribution in [3.63, 3.8) is 0 Å². The number of nitrogens with zero attached hydrogens (tertiary/aromatic N) is 3. The van der Waals surface area contributed by atoms with Crippen molar-refractivity contribution in [2.45, 2.75) is 44.4 Å². The fourth-order valence-corrected chi connectivity index (χ4v) is 3.49. The van der Waals surface area contributed by atoms with Gasteiger partial charge in [0.2, 0.25) is 11.7 Å². The highest BCUT2D eigenvalue weighted by atomic mass is 16.5. The third-order valence-electron chi connectivity index (χ3n) is 4.74. The molecule has 2 aliphatic rings. The van der Waals surface area contributed by atoms with Crippen molar-refractivity contribution in [2.24, 2.45) is 0 Å². The van der Waals surface area contributed by atoms with Gasteiger partial charge in [-0.05, 0) is 49.9 Å². The minimum atomic E-state index is 0.482. The predicted octanol–water partition coefficient (Wildman–Crippen LogP) is 3.99. The van der Waals surface area contributed by atoms with E-state index < -0.39 is 0 Å². The quantitative estimate of drug-likeness (QED) is 0.854. The molecule has 0 amide bonds. The summed E-state index contributed by atoms with van der Waals surface area (Å²) in [5.41, 5.74) is 2.35. The molecule has 1 aromatic heterocycles. The Morgan fingerprint density at radius 1 is 0.952 bits per heavy atom. The fraction of sp³-hybridized carbons (Fsp3) is 0.529. The van der Waals surface area contributed by atoms with Crippen LogP contribution < -0.4 is 4.90 Å². The van der Waals surface area contributed by atoms with Gasteiger partial charge in [0.15, 0.2) is 0 Å². The first-order chi connectivity index (χ1) is 10.4. The van der Waals surface area contributed by atoms with Gasteiger partial charge in [-0.15, -0.1) is 0 Å². The Labute approximate surface area is 125 Å². The monoisotopic (exact) mass is 283 g/mol. The van der Waals surface area contributed by atoms with Gasteiger partial charge in [-0.1, -0.05) is 18.0 Å². The van der Waals surface area contributed by atoms with Gasteiger partial charge in [0.1, 0.15) is 0 Å². The van der Waals surface area contributed by atoms with Gasteiger partial charge in [-0.2, -0.15) is 4.98 Å². The molecule has 1 saturated carbocycles. The minimum Gasteiger partial charge on any atom is -0.372 e. The molecule has 1 aromatic carbocycles. The SMILES string of the molecule is c1cc(N2CCCC2)ccc1-c1noc(C2CCCC2)n1. The van der Waals surface area contributed by atoms with E-state index >= 15 is 0 Å². The average Bonchev–Trinajstić information content (AvgIpc) is 3.27. The summed E-state index contributed by atoms with van der Waals surface area (Å²) >= 11 is 0. The van der Waals surface area contributed by atoms with Crippen molar-refractivity contribution in [1.29, 1.82) is 0 Å². The molecule has 4 heteroatoms. The van der Waals surface area contributed by atoms with Gasteiger partial charge in [0.25, 0.3) is 0 Å². The maximum absolute atomic E-state index is 5.46. The van der Waals surface area contributed by atoms with E-state index in [4.69, 9.17) is 4.52 Å². The second-order valence-corrected chi connectivity index (χ2v) is 6.18. The number of anilines is 1. The minimum absolute atomic E-state index is 0.482. The van der Waals surface area contributed by atoms with Crippen LogP contribution in [0.2, 0.25) is 0 Å². The number of hydrogen-bond acceptors (Lipinski definition) is 4. The highest BCUT2D eigenvalue weighted by Gasteiger charge is 2.23. The molecular weight excluding hydrogens is 262 g/mol. The van der Waals surface area contributed by atoms with E-state index in [1.165, 1.54) is 57.3 Å². The molecule has 1 aliphatic carbocycles. The van der Waals surface area contributed by atoms with E-state index in [-0.39, 0.29) is 0 Å². The van der Waals surface area contributed by atoms with Crippen molar-refractivity contribution in [3.05, 3.63) is 30.2 Å². The summed E-state index contributed by atoms with van der Waals surface area (Å²) in [6.07, 6.45) is 7.56. The highest BCUT2D eigenvalue weighted by molar-refractivity contribution is 5.60. The van der Waals surface area contributed by atoms with Gasteiger partial charge in [0, 0.05) is 30.3 Å². The fourth-order valence-electron chi connectivity index (χ4n) is 3.49. The van der Waals surface area contributed by atoms with Crippen LogP contribution in [-0.4, -0.2) is 23.2 Å². The van der Waals surface area contributed by atoms with Crippen LogP contribution in [0.1, 0.15) is 50.3 Å². The number of hydrogen-bond donors (Lipinski definition) is 0. The highest BCUT2D eigenvalue weighted by Crippen LogP contribution is 2.34. The molecule has 110 valence electrons. The molecule has 21 heavy (non-hydrogen) atoms. The van der Waals surface area contributed by atoms with Gasteiger partial charge < -0.3 is 9.42 Å². The molecular formula is C17H21N3O. The molecule has 0 bridgehead atoms. The van der Waals surface area contributed by atoms with E-state index in [1.54, 1.807) is 0 Å². The van der Waals surface area contributed by atoms with E-state index in [9.17, 15) is 0 Å². The summed E-state index contributed by atoms with van der Waals surface area (Å²) in [4.78, 5) is 7.03. The van der Waals surface area contributed by atoms with Crippen LogP contribution in [0, 0.1) is 0 Å². The molecule has 2 heterocycles. The lowest BCUT2D eigenvalue weighted by atomic mass is 10.1. The molecule has 1 saturated heterocycles. The van der Waals surface area contributed by atoms with Crippen molar-refractivity contribution >= 4 is 5.69 Å². The first-order valence-electron chi connectivity index (χ1n) is 8.09. The lowest BCUT2D eigenvalue weighted by Gasteiger charge is -2.17. The normalized spacial score (nSPS) is 19.5. The van der Waals surface area contributed by atoms with Crippen molar-refractivity contribution in [1.82, 2.24) is 10.1 Å². The van der Waals surface area contributed by atoms with Crippen molar-refractivity contribution < 1.29 is 4.52 Å². The Kier molecular flexibility index (Phi) is 3.37. The molecule has 2 aromatic rings. The molecule has 0 N–H and O–H groups in total. The average molecular weight is 283 g/mol. The molecule has 2 fully saturated rings. The summed E-state index contributed by atoms with van der Waals surface area (Å²) in [6, 6.07) is 8.56. The number of rotatable bonds is 3. The van der Waals surface area contributed by atoms with Gasteiger partial charge >= 0.3 is 0 Å². The smallest absolute Gasteiger partial charge is 0.230 e. The molecule has 4 nitrogen and oxygen atoms in total. The second-order valence-electron chi connectivity index (χ2n) is 6.18. The summed E-state index contributed by atoms with van der Waals surface area (Å²) in [6.45, 7) is 2.35. The second kappa shape index (κ2) is 5.51. The van der Waals surface area contributed by atoms with E-state index in [1.807, 2.05) is 0 Å². The van der Waals surface area contributed by atoms with Crippen LogP contribution in [0.25, 0.3) is 11.4 Å². The predicted molar refractivity (Wildman–Crippen MR) is 82.4 cm³/mol. The van der Waals surface area contributed by atoms with E-state index in [0.717, 1.165) is 17.3 Å². The van der Waals surface area contributed by atoms with Crippen molar-refractivity contribution in [3.8, 4) is 11.4 Å². The Hall–Kier alpha value is -1.84. The van der Waals surface area contributed by atoms with Crippen LogP contribution in [0.4, 0.5) is 5.69 Å². The zero-order valence-electron chi connectivity index (χ0n) is 12.3. The summed E-state index contributed by atoms with van der Waals surface area (Å²) in [5, 5.41) is 4.16. The molecule has 4 rings (SSSR count). The molecule has 0 radical (unpaired) electrons. The van der Waals surface area contributed by atoms with Gasteiger partial charge in [-0.25, -0.2) is 0 Å². The van der Waals surface area contributed by atoms with Crippen molar-refractivity contribution in [2.75, 3.05) is 18.0 Å². The third kappa shape index (κ3) is 2.55. The standard InChI is InChI=1S/C17H21N3O/c1-2-6-14(5-1)17-18-16(19-21-17)13-7-9-15(10-8-13)20-11-3-4-12-20/h7-10,14H,1-6,11-12H2. The molecule has 0 unspecified atom stereocenters. The maximum atomic E-state index is 5.46. The largest absolute Gasteiger partial charge is 0.372 e. The Morgan fingerprint density at radius 3 is 2.38 bits per heavy atom. The zero-order valence-corrected chi connectivity index (χ0v) is 12.3. The van der Waals surface area contributed by atoms with Gasteiger partial charge in [0.05, 0.1) is 0 Å². The first kappa shape index (κ1) is 12.9. The van der Waals surface area contributed by atoms with Crippen LogP contribution in [0.5, 0.6) is 0 Å². The Morgan fingerprint density at radius 2 is 1.67 bits per heavy atom. The third-order valence-corrected chi connectivity index (χ3v) is 4.74. The zero-order chi connectivity index (χ0) is 14.1. The number of aromatic nitrogens is 2. The number of benzene rings is 1. The molecule has 1 aliphatic heterocycles. The van der Waals surface area contributed by atoms with Crippen LogP contribution in [0.15, 0.2) is 28.8 Å². The molecule has 0 atom stereocenters. The van der Waals surface area contributed by atoms with Gasteiger partial charge in [-0.3, -0.25) is 0 Å². The van der Waals surface area contributed by atoms with Crippen LogP contribution in [-0.2, 0) is 0 Å².